The molecule has 0 amide bonds. The van der Waals surface area contributed by atoms with Crippen molar-refractivity contribution in [3.63, 3.8) is 0 Å². The van der Waals surface area contributed by atoms with Gasteiger partial charge in [0.15, 0.2) is 0 Å². The quantitative estimate of drug-likeness (QED) is 0.610. The molecular formula is C11H16N6S. The maximum atomic E-state index is 4.41. The van der Waals surface area contributed by atoms with E-state index in [1.807, 2.05) is 13.1 Å². The van der Waals surface area contributed by atoms with Gasteiger partial charge in [-0.1, -0.05) is 6.92 Å². The van der Waals surface area contributed by atoms with Gasteiger partial charge in [0.25, 0.3) is 0 Å². The van der Waals surface area contributed by atoms with Crippen molar-refractivity contribution in [1.29, 1.82) is 0 Å². The molecule has 2 heterocycles. The first-order valence-electron chi connectivity index (χ1n) is 5.84. The first kappa shape index (κ1) is 12.8. The molecule has 0 aliphatic heterocycles. The van der Waals surface area contributed by atoms with E-state index in [4.69, 9.17) is 0 Å². The number of anilines is 1. The van der Waals surface area contributed by atoms with Gasteiger partial charge in [0.2, 0.25) is 0 Å². The van der Waals surface area contributed by atoms with Gasteiger partial charge >= 0.3 is 0 Å². The standard InChI is InChI=1S/C11H16N6S/c1-3-9-6-13-8(2)15-11(9)12-4-5-18-10-7-14-17-16-10/h6-7H,3-5H2,1-2H3,(H,12,13,15)(H,14,16,17). The van der Waals surface area contributed by atoms with Crippen LogP contribution >= 0.6 is 11.8 Å². The van der Waals surface area contributed by atoms with Crippen LogP contribution < -0.4 is 5.32 Å². The van der Waals surface area contributed by atoms with Gasteiger partial charge in [0, 0.05) is 24.1 Å². The van der Waals surface area contributed by atoms with Crippen molar-refractivity contribution in [1.82, 2.24) is 25.4 Å². The van der Waals surface area contributed by atoms with Gasteiger partial charge in [0.05, 0.1) is 6.20 Å². The molecule has 0 spiro atoms. The van der Waals surface area contributed by atoms with Crippen molar-refractivity contribution in [2.75, 3.05) is 17.6 Å². The van der Waals surface area contributed by atoms with Gasteiger partial charge < -0.3 is 5.32 Å². The van der Waals surface area contributed by atoms with Gasteiger partial charge in [-0.2, -0.15) is 10.3 Å². The van der Waals surface area contributed by atoms with Crippen molar-refractivity contribution < 1.29 is 0 Å². The molecule has 0 aliphatic rings. The second-order valence-electron chi connectivity index (χ2n) is 3.73. The maximum absolute atomic E-state index is 4.41. The third-order valence-corrected chi connectivity index (χ3v) is 3.30. The number of aryl methyl sites for hydroxylation is 2. The summed E-state index contributed by atoms with van der Waals surface area (Å²) >= 11 is 1.65. The van der Waals surface area contributed by atoms with E-state index in [2.05, 4.69) is 37.6 Å². The zero-order valence-electron chi connectivity index (χ0n) is 10.5. The average Bonchev–Trinajstić information content (AvgIpc) is 2.88. The molecule has 2 N–H and O–H groups in total. The lowest BCUT2D eigenvalue weighted by Crippen LogP contribution is -2.09. The fraction of sp³-hybridized carbons (Fsp3) is 0.455. The van der Waals surface area contributed by atoms with E-state index >= 15 is 0 Å². The third kappa shape index (κ3) is 3.43. The molecule has 0 aliphatic carbocycles. The van der Waals surface area contributed by atoms with Crippen LogP contribution in [-0.4, -0.2) is 37.7 Å². The second-order valence-corrected chi connectivity index (χ2v) is 4.84. The third-order valence-electron chi connectivity index (χ3n) is 2.40. The van der Waals surface area contributed by atoms with Crippen molar-refractivity contribution in [2.45, 2.75) is 25.3 Å². The van der Waals surface area contributed by atoms with Gasteiger partial charge in [-0.25, -0.2) is 9.97 Å². The minimum absolute atomic E-state index is 0.791. The Balaban J connectivity index is 1.84. The van der Waals surface area contributed by atoms with Crippen LogP contribution in [0, 0.1) is 6.92 Å². The maximum Gasteiger partial charge on any atom is 0.138 e. The van der Waals surface area contributed by atoms with Gasteiger partial charge in [-0.3, -0.25) is 0 Å². The molecule has 18 heavy (non-hydrogen) atoms. The number of thioether (sulfide) groups is 1. The molecule has 0 radical (unpaired) electrons. The molecule has 2 aromatic heterocycles. The van der Waals surface area contributed by atoms with Crippen LogP contribution in [0.3, 0.4) is 0 Å². The van der Waals surface area contributed by atoms with Crippen molar-refractivity contribution in [3.8, 4) is 0 Å². The number of nitrogens with zero attached hydrogens (tertiary/aromatic N) is 4. The fourth-order valence-electron chi connectivity index (χ4n) is 1.49. The Morgan fingerprint density at radius 3 is 3.00 bits per heavy atom. The predicted octanol–water partition coefficient (Wildman–Crippen LogP) is 1.67. The summed E-state index contributed by atoms with van der Waals surface area (Å²) in [6.45, 7) is 4.83. The lowest BCUT2D eigenvalue weighted by Gasteiger charge is -2.09. The van der Waals surface area contributed by atoms with Gasteiger partial charge in [-0.15, -0.1) is 16.9 Å². The van der Waals surface area contributed by atoms with E-state index in [0.29, 0.717) is 0 Å². The molecule has 0 bridgehead atoms. The summed E-state index contributed by atoms with van der Waals surface area (Å²) in [5.41, 5.74) is 1.15. The van der Waals surface area contributed by atoms with E-state index < -0.39 is 0 Å². The smallest absolute Gasteiger partial charge is 0.138 e. The van der Waals surface area contributed by atoms with Crippen LogP contribution in [0.15, 0.2) is 17.4 Å². The summed E-state index contributed by atoms with van der Waals surface area (Å²) in [6, 6.07) is 0. The summed E-state index contributed by atoms with van der Waals surface area (Å²) in [5.74, 6) is 2.64. The molecule has 0 atom stereocenters. The number of rotatable bonds is 6. The number of aromatic amines is 1. The molecule has 0 aromatic carbocycles. The largest absolute Gasteiger partial charge is 0.369 e. The van der Waals surface area contributed by atoms with Crippen molar-refractivity contribution in [2.24, 2.45) is 0 Å². The molecule has 0 unspecified atom stereocenters. The normalized spacial score (nSPS) is 10.6. The van der Waals surface area contributed by atoms with E-state index in [1.54, 1.807) is 18.0 Å². The molecule has 2 aromatic rings. The first-order chi connectivity index (χ1) is 8.79. The Labute approximate surface area is 110 Å². The molecular weight excluding hydrogens is 248 g/mol. The summed E-state index contributed by atoms with van der Waals surface area (Å²) in [5, 5.41) is 14.6. The van der Waals surface area contributed by atoms with Crippen LogP contribution in [-0.2, 0) is 6.42 Å². The second kappa shape index (κ2) is 6.34. The zero-order chi connectivity index (χ0) is 12.8. The summed E-state index contributed by atoms with van der Waals surface area (Å²) in [7, 11) is 0. The molecule has 2 rings (SSSR count). The van der Waals surface area contributed by atoms with Crippen LogP contribution in [0.4, 0.5) is 5.82 Å². The Morgan fingerprint density at radius 2 is 2.28 bits per heavy atom. The van der Waals surface area contributed by atoms with E-state index in [1.165, 1.54) is 0 Å². The Kier molecular flexibility index (Phi) is 4.52. The van der Waals surface area contributed by atoms with Crippen molar-refractivity contribution in [3.05, 3.63) is 23.8 Å². The lowest BCUT2D eigenvalue weighted by atomic mass is 10.2. The van der Waals surface area contributed by atoms with E-state index in [-0.39, 0.29) is 0 Å². The highest BCUT2D eigenvalue weighted by atomic mass is 32.2. The highest BCUT2D eigenvalue weighted by Gasteiger charge is 2.03. The Bertz CT molecular complexity index is 484. The topological polar surface area (TPSA) is 79.4 Å². The Hall–Kier alpha value is -1.63. The van der Waals surface area contributed by atoms with Crippen LogP contribution in [0.2, 0.25) is 0 Å². The number of nitrogens with one attached hydrogen (secondary N) is 2. The average molecular weight is 264 g/mol. The molecule has 7 heteroatoms. The monoisotopic (exact) mass is 264 g/mol. The lowest BCUT2D eigenvalue weighted by molar-refractivity contribution is 0.911. The van der Waals surface area contributed by atoms with Crippen molar-refractivity contribution >= 4 is 17.6 Å². The minimum atomic E-state index is 0.791. The first-order valence-corrected chi connectivity index (χ1v) is 6.83. The molecule has 0 saturated heterocycles. The van der Waals surface area contributed by atoms with Gasteiger partial charge in [-0.05, 0) is 13.3 Å². The zero-order valence-corrected chi connectivity index (χ0v) is 11.3. The SMILES string of the molecule is CCc1cnc(C)nc1NCCSc1cn[nH]n1. The molecule has 0 fully saturated rings. The molecule has 0 saturated carbocycles. The van der Waals surface area contributed by atoms with Gasteiger partial charge in [0.1, 0.15) is 16.7 Å². The van der Waals surface area contributed by atoms with Crippen LogP contribution in [0.5, 0.6) is 0 Å². The van der Waals surface area contributed by atoms with E-state index in [9.17, 15) is 0 Å². The predicted molar refractivity (Wildman–Crippen MR) is 71.7 cm³/mol. The summed E-state index contributed by atoms with van der Waals surface area (Å²) in [4.78, 5) is 8.61. The molecule has 6 nitrogen and oxygen atoms in total. The van der Waals surface area contributed by atoms with Crippen LogP contribution in [0.25, 0.3) is 0 Å². The minimum Gasteiger partial charge on any atom is -0.369 e. The Morgan fingerprint density at radius 1 is 1.39 bits per heavy atom. The van der Waals surface area contributed by atoms with Crippen LogP contribution in [0.1, 0.15) is 18.3 Å². The fourth-order valence-corrected chi connectivity index (χ4v) is 2.14. The molecule has 96 valence electrons. The van der Waals surface area contributed by atoms with E-state index in [0.717, 1.165) is 41.0 Å². The summed E-state index contributed by atoms with van der Waals surface area (Å²) in [6.07, 6.45) is 4.53. The number of H-pyrrole nitrogens is 1. The number of hydrogen-bond donors (Lipinski definition) is 2. The highest BCUT2D eigenvalue weighted by Crippen LogP contribution is 2.14. The highest BCUT2D eigenvalue weighted by molar-refractivity contribution is 7.99. The number of hydrogen-bond acceptors (Lipinski definition) is 6. The summed E-state index contributed by atoms with van der Waals surface area (Å²) < 4.78 is 0. The number of aromatic nitrogens is 5.